The van der Waals surface area contributed by atoms with Gasteiger partial charge in [0.05, 0.1) is 0 Å². The van der Waals surface area contributed by atoms with Gasteiger partial charge in [0.2, 0.25) is 0 Å². The van der Waals surface area contributed by atoms with Crippen LogP contribution in [-0.2, 0) is 9.22 Å². The maximum Gasteiger partial charge on any atom is 0.319 e. The third-order valence-corrected chi connectivity index (χ3v) is 13.7. The van der Waals surface area contributed by atoms with Gasteiger partial charge in [-0.3, -0.25) is 0 Å². The quantitative estimate of drug-likeness (QED) is 0.416. The molecule has 2 rings (SSSR count). The van der Waals surface area contributed by atoms with Gasteiger partial charge < -0.3 is 4.43 Å². The molecule has 0 unspecified atom stereocenters. The maximum absolute atomic E-state index is 12.7. The standard InChI is InChI=1S/C20H36O2Si/c1-15(2)19(21)22-23(17-11-7-8-12-17,18-13-9-10-14-18)20(5,6)16(3)4/h16-18H,1,7-14H2,2-6H3. The van der Waals surface area contributed by atoms with Crippen LogP contribution in [0.1, 0.15) is 86.0 Å². The number of carbonyl (C=O) groups is 1. The molecule has 2 aliphatic carbocycles. The van der Waals surface area contributed by atoms with Gasteiger partial charge in [0.1, 0.15) is 0 Å². The van der Waals surface area contributed by atoms with E-state index in [2.05, 4.69) is 34.3 Å². The third-order valence-electron chi connectivity index (χ3n) is 6.98. The van der Waals surface area contributed by atoms with E-state index < -0.39 is 8.32 Å². The lowest BCUT2D eigenvalue weighted by atomic mass is 9.99. The largest absolute Gasteiger partial charge is 0.515 e. The van der Waals surface area contributed by atoms with E-state index in [4.69, 9.17) is 4.43 Å². The van der Waals surface area contributed by atoms with Crippen LogP contribution in [0.5, 0.6) is 0 Å². The van der Waals surface area contributed by atoms with Gasteiger partial charge in [-0.25, -0.2) is 4.79 Å². The summed E-state index contributed by atoms with van der Waals surface area (Å²) < 4.78 is 6.59. The summed E-state index contributed by atoms with van der Waals surface area (Å²) >= 11 is 0. The van der Waals surface area contributed by atoms with E-state index in [1.165, 1.54) is 51.4 Å². The van der Waals surface area contributed by atoms with Crippen LogP contribution >= 0.6 is 0 Å². The molecule has 0 saturated heterocycles. The maximum atomic E-state index is 12.7. The van der Waals surface area contributed by atoms with Gasteiger partial charge in [-0.2, -0.15) is 0 Å². The minimum Gasteiger partial charge on any atom is -0.515 e. The lowest BCUT2D eigenvalue weighted by molar-refractivity contribution is -0.131. The molecule has 2 nitrogen and oxygen atoms in total. The van der Waals surface area contributed by atoms with Crippen molar-refractivity contribution in [2.45, 2.75) is 102 Å². The normalized spacial score (nSPS) is 21.1. The van der Waals surface area contributed by atoms with Gasteiger partial charge in [-0.05, 0) is 54.6 Å². The van der Waals surface area contributed by atoms with Crippen molar-refractivity contribution in [1.82, 2.24) is 0 Å². The first-order chi connectivity index (χ1) is 10.7. The Balaban J connectivity index is 2.51. The minimum atomic E-state index is -2.26. The number of hydrogen-bond acceptors (Lipinski definition) is 2. The molecule has 0 radical (unpaired) electrons. The van der Waals surface area contributed by atoms with E-state index in [-0.39, 0.29) is 11.0 Å². The predicted molar refractivity (Wildman–Crippen MR) is 100.0 cm³/mol. The minimum absolute atomic E-state index is 0.113. The summed E-state index contributed by atoms with van der Waals surface area (Å²) in [5.41, 5.74) is 1.86. The van der Waals surface area contributed by atoms with Crippen LogP contribution < -0.4 is 0 Å². The van der Waals surface area contributed by atoms with Crippen molar-refractivity contribution in [1.29, 1.82) is 0 Å². The highest BCUT2D eigenvalue weighted by Gasteiger charge is 2.63. The fourth-order valence-electron chi connectivity index (χ4n) is 5.08. The number of rotatable bonds is 6. The van der Waals surface area contributed by atoms with Crippen LogP contribution in [0.2, 0.25) is 16.1 Å². The number of carbonyl (C=O) groups excluding carboxylic acids is 1. The van der Waals surface area contributed by atoms with Gasteiger partial charge in [0.15, 0.2) is 0 Å². The molecule has 0 aromatic carbocycles. The van der Waals surface area contributed by atoms with Crippen LogP contribution in [0.25, 0.3) is 0 Å². The highest BCUT2D eigenvalue weighted by molar-refractivity contribution is 6.81. The first-order valence-electron chi connectivity index (χ1n) is 9.62. The Kier molecular flexibility index (Phi) is 5.81. The van der Waals surface area contributed by atoms with Crippen LogP contribution in [-0.4, -0.2) is 14.3 Å². The molecule has 2 fully saturated rings. The summed E-state index contributed by atoms with van der Waals surface area (Å²) in [4.78, 5) is 12.7. The van der Waals surface area contributed by atoms with Crippen LogP contribution in [0.3, 0.4) is 0 Å². The molecule has 23 heavy (non-hydrogen) atoms. The Morgan fingerprint density at radius 1 is 1.04 bits per heavy atom. The van der Waals surface area contributed by atoms with E-state index in [9.17, 15) is 4.79 Å². The average Bonchev–Trinajstić information content (AvgIpc) is 3.17. The summed E-state index contributed by atoms with van der Waals surface area (Å²) in [5, 5.41) is 0.113. The Hall–Kier alpha value is -0.573. The average molecular weight is 337 g/mol. The lowest BCUT2D eigenvalue weighted by Crippen LogP contribution is -2.58. The molecule has 0 amide bonds. The zero-order chi connectivity index (χ0) is 17.3. The van der Waals surface area contributed by atoms with Gasteiger partial charge in [0.25, 0.3) is 8.32 Å². The predicted octanol–water partition coefficient (Wildman–Crippen LogP) is 6.38. The summed E-state index contributed by atoms with van der Waals surface area (Å²) in [5.74, 6) is 0.414. The summed E-state index contributed by atoms with van der Waals surface area (Å²) in [7, 11) is -2.26. The monoisotopic (exact) mass is 336 g/mol. The van der Waals surface area contributed by atoms with E-state index >= 15 is 0 Å². The fraction of sp³-hybridized carbons (Fsp3) is 0.850. The van der Waals surface area contributed by atoms with Gasteiger partial charge in [0, 0.05) is 5.57 Å². The van der Waals surface area contributed by atoms with Crippen molar-refractivity contribution in [2.75, 3.05) is 0 Å². The molecule has 0 aromatic rings. The first kappa shape index (κ1) is 18.8. The van der Waals surface area contributed by atoms with Crippen molar-refractivity contribution in [3.63, 3.8) is 0 Å². The second-order valence-electron chi connectivity index (χ2n) is 8.80. The molecule has 0 aliphatic heterocycles. The van der Waals surface area contributed by atoms with Crippen LogP contribution in [0.4, 0.5) is 0 Å². The summed E-state index contributed by atoms with van der Waals surface area (Å²) in [6.07, 6.45) is 10.3. The Labute approximate surface area is 144 Å². The lowest BCUT2D eigenvalue weighted by Gasteiger charge is -2.53. The summed E-state index contributed by atoms with van der Waals surface area (Å²) in [6, 6.07) is 0. The molecule has 2 aliphatic rings. The molecule has 0 heterocycles. The molecule has 2 saturated carbocycles. The van der Waals surface area contributed by atoms with Crippen molar-refractivity contribution in [3.8, 4) is 0 Å². The molecule has 3 heteroatoms. The summed E-state index contributed by atoms with van der Waals surface area (Å²) in [6.45, 7) is 15.1. The number of hydrogen-bond donors (Lipinski definition) is 0. The van der Waals surface area contributed by atoms with Gasteiger partial charge in [-0.15, -0.1) is 0 Å². The van der Waals surface area contributed by atoms with Crippen molar-refractivity contribution in [3.05, 3.63) is 12.2 Å². The van der Waals surface area contributed by atoms with E-state index in [1.807, 2.05) is 0 Å². The molecular weight excluding hydrogens is 300 g/mol. The molecule has 0 N–H and O–H groups in total. The Morgan fingerprint density at radius 2 is 1.43 bits per heavy atom. The van der Waals surface area contributed by atoms with Crippen LogP contribution in [0, 0.1) is 5.92 Å². The Bertz CT molecular complexity index is 425. The Morgan fingerprint density at radius 3 is 1.74 bits per heavy atom. The zero-order valence-corrected chi connectivity index (χ0v) is 16.9. The van der Waals surface area contributed by atoms with Crippen molar-refractivity contribution in [2.24, 2.45) is 5.92 Å². The molecule has 0 bridgehead atoms. The van der Waals surface area contributed by atoms with Gasteiger partial charge in [-0.1, -0.05) is 60.0 Å². The van der Waals surface area contributed by atoms with E-state index in [0.29, 0.717) is 22.6 Å². The van der Waals surface area contributed by atoms with Crippen LogP contribution in [0.15, 0.2) is 12.2 Å². The molecular formula is C20H36O2Si. The highest BCUT2D eigenvalue weighted by atomic mass is 28.4. The van der Waals surface area contributed by atoms with Gasteiger partial charge >= 0.3 is 5.97 Å². The van der Waals surface area contributed by atoms with Crippen molar-refractivity contribution < 1.29 is 9.22 Å². The molecule has 132 valence electrons. The first-order valence-corrected chi connectivity index (χ1v) is 11.7. The molecule has 0 spiro atoms. The van der Waals surface area contributed by atoms with E-state index in [0.717, 1.165) is 0 Å². The topological polar surface area (TPSA) is 26.3 Å². The molecule has 0 atom stereocenters. The molecule has 0 aromatic heterocycles. The fourth-order valence-corrected chi connectivity index (χ4v) is 12.4. The SMILES string of the molecule is C=C(C)C(=O)O[Si](C1CCCC1)(C1CCCC1)C(C)(C)C(C)C. The van der Waals surface area contributed by atoms with Crippen molar-refractivity contribution >= 4 is 14.3 Å². The smallest absolute Gasteiger partial charge is 0.319 e. The third kappa shape index (κ3) is 3.31. The zero-order valence-electron chi connectivity index (χ0n) is 15.9. The second-order valence-corrected chi connectivity index (χ2v) is 13.5. The van der Waals surface area contributed by atoms with E-state index in [1.54, 1.807) is 6.92 Å². The highest BCUT2D eigenvalue weighted by Crippen LogP contribution is 2.62. The second kappa shape index (κ2) is 7.12.